The number of hydrogen-bond donors (Lipinski definition) is 0. The van der Waals surface area contributed by atoms with E-state index >= 15 is 0 Å². The van der Waals surface area contributed by atoms with Crippen molar-refractivity contribution in [1.29, 1.82) is 0 Å². The van der Waals surface area contributed by atoms with Crippen molar-refractivity contribution in [3.63, 3.8) is 0 Å². The maximum atomic E-state index is 6.40. The molecule has 0 amide bonds. The summed E-state index contributed by atoms with van der Waals surface area (Å²) in [5, 5.41) is 4.79. The van der Waals surface area contributed by atoms with Crippen molar-refractivity contribution in [3.8, 4) is 11.5 Å². The lowest BCUT2D eigenvalue weighted by atomic mass is 9.94. The van der Waals surface area contributed by atoms with Gasteiger partial charge in [0.1, 0.15) is 5.52 Å². The molecule has 28 heavy (non-hydrogen) atoms. The molecule has 2 nitrogen and oxygen atoms in total. The zero-order chi connectivity index (χ0) is 19.4. The first kappa shape index (κ1) is 17.0. The Hall–Kier alpha value is -3.13. The minimum absolute atomic E-state index is 0.468. The Morgan fingerprint density at radius 1 is 0.821 bits per heavy atom. The normalized spacial score (nSPS) is 11.9. The van der Waals surface area contributed by atoms with Crippen LogP contribution in [0, 0.1) is 13.8 Å². The van der Waals surface area contributed by atoms with Gasteiger partial charge >= 0.3 is 0 Å². The van der Waals surface area contributed by atoms with Crippen LogP contribution in [0.4, 0.5) is 0 Å². The fourth-order valence-electron chi connectivity index (χ4n) is 4.12. The van der Waals surface area contributed by atoms with Gasteiger partial charge in [0.25, 0.3) is 0 Å². The van der Waals surface area contributed by atoms with Crippen LogP contribution < -0.4 is 0 Å². The highest BCUT2D eigenvalue weighted by Gasteiger charge is 2.18. The number of rotatable bonds is 2. The van der Waals surface area contributed by atoms with Crippen molar-refractivity contribution in [3.05, 3.63) is 77.4 Å². The van der Waals surface area contributed by atoms with Crippen molar-refractivity contribution in [2.24, 2.45) is 0 Å². The molecule has 1 heterocycles. The van der Waals surface area contributed by atoms with E-state index in [0.717, 1.165) is 22.0 Å². The lowest BCUT2D eigenvalue weighted by molar-refractivity contribution is 0.623. The smallest absolute Gasteiger partial charge is 0.227 e. The molecule has 5 aromatic rings. The molecule has 0 saturated heterocycles. The summed E-state index contributed by atoms with van der Waals surface area (Å²) in [6.07, 6.45) is 0. The van der Waals surface area contributed by atoms with Crippen LogP contribution in [0.15, 0.2) is 65.1 Å². The Morgan fingerprint density at radius 3 is 2.43 bits per heavy atom. The average molecular weight is 365 g/mol. The number of fused-ring (bicyclic) bond motifs is 6. The van der Waals surface area contributed by atoms with Crippen LogP contribution in [-0.4, -0.2) is 4.98 Å². The predicted octanol–water partition coefficient (Wildman–Crippen LogP) is 7.54. The summed E-state index contributed by atoms with van der Waals surface area (Å²) >= 11 is 0. The fraction of sp³-hybridized carbons (Fsp3) is 0.192. The standard InChI is InChI=1S/C26H23NO/c1-15(2)18-11-12-20-21-10-6-8-17(4)23(21)25-24(22(20)14-18)27-26(28-25)19-9-5-7-16(3)13-19/h5-15H,1-4H3. The van der Waals surface area contributed by atoms with Gasteiger partial charge in [0, 0.05) is 16.3 Å². The largest absolute Gasteiger partial charge is 0.435 e. The van der Waals surface area contributed by atoms with Crippen LogP contribution in [0.2, 0.25) is 0 Å². The maximum absolute atomic E-state index is 6.40. The molecule has 0 aliphatic carbocycles. The van der Waals surface area contributed by atoms with E-state index < -0.39 is 0 Å². The topological polar surface area (TPSA) is 26.0 Å². The van der Waals surface area contributed by atoms with Gasteiger partial charge in [0.05, 0.1) is 0 Å². The van der Waals surface area contributed by atoms with Gasteiger partial charge in [-0.05, 0) is 59.9 Å². The van der Waals surface area contributed by atoms with E-state index in [1.165, 1.54) is 32.8 Å². The van der Waals surface area contributed by atoms with E-state index in [1.54, 1.807) is 0 Å². The SMILES string of the molecule is Cc1cccc(-c2nc3c4cc(C(C)C)ccc4c4cccc(C)c4c3o2)c1. The molecule has 0 saturated carbocycles. The van der Waals surface area contributed by atoms with Gasteiger partial charge in [-0.15, -0.1) is 0 Å². The molecule has 4 aromatic carbocycles. The monoisotopic (exact) mass is 365 g/mol. The molecule has 0 spiro atoms. The molecular formula is C26H23NO. The Morgan fingerprint density at radius 2 is 1.64 bits per heavy atom. The zero-order valence-electron chi connectivity index (χ0n) is 16.7. The Balaban J connectivity index is 1.96. The molecule has 1 aromatic heterocycles. The molecule has 0 aliphatic rings. The van der Waals surface area contributed by atoms with Crippen molar-refractivity contribution in [2.75, 3.05) is 0 Å². The highest BCUT2D eigenvalue weighted by atomic mass is 16.3. The van der Waals surface area contributed by atoms with Crippen LogP contribution >= 0.6 is 0 Å². The molecular weight excluding hydrogens is 342 g/mol. The van der Waals surface area contributed by atoms with Crippen molar-refractivity contribution >= 4 is 32.6 Å². The zero-order valence-corrected chi connectivity index (χ0v) is 16.7. The van der Waals surface area contributed by atoms with E-state index in [9.17, 15) is 0 Å². The van der Waals surface area contributed by atoms with Crippen LogP contribution in [0.1, 0.15) is 36.5 Å². The number of benzene rings is 4. The molecule has 0 bridgehead atoms. The van der Waals surface area contributed by atoms with Gasteiger partial charge in [-0.25, -0.2) is 4.98 Å². The Kier molecular flexibility index (Phi) is 3.77. The van der Waals surface area contributed by atoms with E-state index in [-0.39, 0.29) is 0 Å². The molecule has 2 heteroatoms. The van der Waals surface area contributed by atoms with Crippen LogP contribution in [-0.2, 0) is 0 Å². The second kappa shape index (κ2) is 6.20. The van der Waals surface area contributed by atoms with Gasteiger partial charge in [-0.2, -0.15) is 0 Å². The minimum atomic E-state index is 0.468. The fourth-order valence-corrected chi connectivity index (χ4v) is 4.12. The van der Waals surface area contributed by atoms with E-state index in [0.29, 0.717) is 11.8 Å². The molecule has 0 unspecified atom stereocenters. The van der Waals surface area contributed by atoms with Gasteiger partial charge in [-0.1, -0.05) is 61.9 Å². The third-order valence-corrected chi connectivity index (χ3v) is 5.65. The molecule has 0 N–H and O–H groups in total. The highest BCUT2D eigenvalue weighted by molar-refractivity contribution is 6.23. The summed E-state index contributed by atoms with van der Waals surface area (Å²) in [4.78, 5) is 4.98. The predicted molar refractivity (Wildman–Crippen MR) is 118 cm³/mol. The van der Waals surface area contributed by atoms with Crippen LogP contribution in [0.3, 0.4) is 0 Å². The maximum Gasteiger partial charge on any atom is 0.227 e. The number of aryl methyl sites for hydroxylation is 2. The summed E-state index contributed by atoms with van der Waals surface area (Å²) in [6, 6.07) is 21.6. The molecule has 0 aliphatic heterocycles. The van der Waals surface area contributed by atoms with Crippen LogP contribution in [0.25, 0.3) is 44.1 Å². The summed E-state index contributed by atoms with van der Waals surface area (Å²) in [5.41, 5.74) is 6.60. The summed E-state index contributed by atoms with van der Waals surface area (Å²) in [5.74, 6) is 1.15. The third-order valence-electron chi connectivity index (χ3n) is 5.65. The van der Waals surface area contributed by atoms with Crippen molar-refractivity contribution < 1.29 is 4.42 Å². The minimum Gasteiger partial charge on any atom is -0.435 e. The van der Waals surface area contributed by atoms with E-state index in [4.69, 9.17) is 9.40 Å². The first-order valence-corrected chi connectivity index (χ1v) is 9.85. The van der Waals surface area contributed by atoms with Crippen molar-refractivity contribution in [2.45, 2.75) is 33.6 Å². The number of aromatic nitrogens is 1. The molecule has 0 radical (unpaired) electrons. The number of oxazole rings is 1. The molecule has 138 valence electrons. The first-order chi connectivity index (χ1) is 13.5. The molecule has 0 atom stereocenters. The lowest BCUT2D eigenvalue weighted by Crippen LogP contribution is -1.89. The first-order valence-electron chi connectivity index (χ1n) is 9.85. The Bertz CT molecular complexity index is 1360. The van der Waals surface area contributed by atoms with E-state index in [2.05, 4.69) is 88.4 Å². The highest BCUT2D eigenvalue weighted by Crippen LogP contribution is 2.39. The van der Waals surface area contributed by atoms with Gasteiger partial charge in [0.15, 0.2) is 5.58 Å². The summed E-state index contributed by atoms with van der Waals surface area (Å²) in [6.45, 7) is 8.69. The third kappa shape index (κ3) is 2.52. The number of hydrogen-bond acceptors (Lipinski definition) is 2. The quantitative estimate of drug-likeness (QED) is 0.302. The van der Waals surface area contributed by atoms with E-state index in [1.807, 2.05) is 0 Å². The van der Waals surface area contributed by atoms with Crippen molar-refractivity contribution in [1.82, 2.24) is 4.98 Å². The summed E-state index contributed by atoms with van der Waals surface area (Å²) < 4.78 is 6.40. The average Bonchev–Trinajstić information content (AvgIpc) is 3.13. The van der Waals surface area contributed by atoms with Crippen LogP contribution in [0.5, 0.6) is 0 Å². The lowest BCUT2D eigenvalue weighted by Gasteiger charge is -2.11. The second-order valence-electron chi connectivity index (χ2n) is 8.02. The van der Waals surface area contributed by atoms with Gasteiger partial charge in [0.2, 0.25) is 5.89 Å². The van der Waals surface area contributed by atoms with Gasteiger partial charge < -0.3 is 4.42 Å². The van der Waals surface area contributed by atoms with Gasteiger partial charge in [-0.3, -0.25) is 0 Å². The number of nitrogens with zero attached hydrogens (tertiary/aromatic N) is 1. The second-order valence-corrected chi connectivity index (χ2v) is 8.02. The Labute approximate surface area is 164 Å². The molecule has 5 rings (SSSR count). The summed E-state index contributed by atoms with van der Waals surface area (Å²) in [7, 11) is 0. The molecule has 0 fully saturated rings.